The van der Waals surface area contributed by atoms with Crippen LogP contribution in [0.5, 0.6) is 0 Å². The van der Waals surface area contributed by atoms with Crippen molar-refractivity contribution in [2.75, 3.05) is 11.9 Å². The number of carbonyl (C=O) groups excluding carboxylic acids is 3. The van der Waals surface area contributed by atoms with Crippen LogP contribution in [-0.2, 0) is 16.1 Å². The molecule has 45 heavy (non-hydrogen) atoms. The van der Waals surface area contributed by atoms with E-state index < -0.39 is 29.8 Å². The number of hydrogen-bond donors (Lipinski definition) is 1. The van der Waals surface area contributed by atoms with Crippen molar-refractivity contribution in [2.24, 2.45) is 0 Å². The lowest BCUT2D eigenvalue weighted by atomic mass is 10.0. The van der Waals surface area contributed by atoms with E-state index in [1.165, 1.54) is 23.7 Å². The van der Waals surface area contributed by atoms with Crippen molar-refractivity contribution in [3.63, 3.8) is 0 Å². The van der Waals surface area contributed by atoms with Crippen molar-refractivity contribution in [1.82, 2.24) is 24.6 Å². The van der Waals surface area contributed by atoms with E-state index in [2.05, 4.69) is 20.4 Å². The number of amides is 2. The van der Waals surface area contributed by atoms with Crippen LogP contribution in [0.2, 0.25) is 5.02 Å². The van der Waals surface area contributed by atoms with Crippen molar-refractivity contribution < 1.29 is 23.2 Å². The number of anilines is 1. The first kappa shape index (κ1) is 30.0. The minimum atomic E-state index is -1.45. The lowest BCUT2D eigenvalue weighted by Gasteiger charge is -2.24. The van der Waals surface area contributed by atoms with Gasteiger partial charge in [-0.3, -0.25) is 19.1 Å². The van der Waals surface area contributed by atoms with Crippen LogP contribution in [0.1, 0.15) is 29.7 Å². The lowest BCUT2D eigenvalue weighted by Crippen LogP contribution is -2.44. The van der Waals surface area contributed by atoms with Gasteiger partial charge in [-0.25, -0.2) is 18.7 Å². The molecule has 6 rings (SSSR count). The summed E-state index contributed by atoms with van der Waals surface area (Å²) in [7, 11) is 0. The molecule has 1 aliphatic heterocycles. The van der Waals surface area contributed by atoms with Gasteiger partial charge in [0.2, 0.25) is 11.8 Å². The fourth-order valence-corrected chi connectivity index (χ4v) is 5.78. The fraction of sp³-hybridized carbons (Fsp3) is 0.212. The third-order valence-electron chi connectivity index (χ3n) is 7.78. The summed E-state index contributed by atoms with van der Waals surface area (Å²) in [4.78, 5) is 49.0. The Balaban J connectivity index is 1.25. The van der Waals surface area contributed by atoms with E-state index in [4.69, 9.17) is 11.6 Å². The van der Waals surface area contributed by atoms with Crippen LogP contribution < -0.4 is 5.32 Å². The normalized spacial score (nSPS) is 16.2. The van der Waals surface area contributed by atoms with Gasteiger partial charge in [0.25, 0.3) is 0 Å². The van der Waals surface area contributed by atoms with Crippen molar-refractivity contribution in [3.8, 4) is 22.3 Å². The first-order valence-electron chi connectivity index (χ1n) is 14.2. The number of nitrogens with zero attached hydrogens (tertiary/aromatic N) is 5. The zero-order chi connectivity index (χ0) is 31.8. The molecule has 1 saturated heterocycles. The van der Waals surface area contributed by atoms with Crippen LogP contribution in [0.3, 0.4) is 0 Å². The van der Waals surface area contributed by atoms with Gasteiger partial charge in [0.1, 0.15) is 30.3 Å². The van der Waals surface area contributed by atoms with E-state index >= 15 is 4.39 Å². The SMILES string of the molecule is CC(=O)c1nn(CC(=O)N2C[C@H](F)C[C@H]2C(=O)Nc2cccc(-c3ccccc3Cl)c2F)c2ccc(-c3cnc(C)nc3)cc12. The highest BCUT2D eigenvalue weighted by atomic mass is 35.5. The minimum absolute atomic E-state index is 0.119. The second kappa shape index (κ2) is 12.2. The summed E-state index contributed by atoms with van der Waals surface area (Å²) < 4.78 is 31.6. The Kier molecular flexibility index (Phi) is 8.11. The molecule has 9 nitrogen and oxygen atoms in total. The van der Waals surface area contributed by atoms with Crippen LogP contribution in [0, 0.1) is 12.7 Å². The van der Waals surface area contributed by atoms with Gasteiger partial charge >= 0.3 is 0 Å². The van der Waals surface area contributed by atoms with Gasteiger partial charge in [-0.05, 0) is 36.8 Å². The summed E-state index contributed by atoms with van der Waals surface area (Å²) in [6, 6.07) is 15.4. The highest BCUT2D eigenvalue weighted by Crippen LogP contribution is 2.33. The number of carbonyl (C=O) groups is 3. The summed E-state index contributed by atoms with van der Waals surface area (Å²) in [5.41, 5.74) is 2.70. The molecular weight excluding hydrogens is 602 g/mol. The predicted octanol–water partition coefficient (Wildman–Crippen LogP) is 6.04. The summed E-state index contributed by atoms with van der Waals surface area (Å²) in [5, 5.41) is 7.80. The molecule has 228 valence electrons. The Morgan fingerprint density at radius 1 is 1.00 bits per heavy atom. The molecule has 0 bridgehead atoms. The van der Waals surface area contributed by atoms with Crippen molar-refractivity contribution >= 4 is 45.8 Å². The largest absolute Gasteiger partial charge is 0.326 e. The second-order valence-corrected chi connectivity index (χ2v) is 11.3. The number of halogens is 3. The van der Waals surface area contributed by atoms with Crippen molar-refractivity contribution in [2.45, 2.75) is 39.0 Å². The third-order valence-corrected chi connectivity index (χ3v) is 8.11. The summed E-state index contributed by atoms with van der Waals surface area (Å²) >= 11 is 6.25. The van der Waals surface area contributed by atoms with E-state index in [-0.39, 0.29) is 42.2 Å². The molecule has 3 heterocycles. The highest BCUT2D eigenvalue weighted by molar-refractivity contribution is 6.33. The van der Waals surface area contributed by atoms with Gasteiger partial charge in [0.05, 0.1) is 17.7 Å². The standard InChI is InChI=1S/C33H27ClF2N6O3/c1-18(43)32-25-12-20(21-14-37-19(2)38-15-21)10-11-28(25)42(40-32)17-30(44)41-16-22(35)13-29(41)33(45)39-27-9-5-7-24(31(27)36)23-6-3-4-8-26(23)34/h3-12,14-15,22,29H,13,16-17H2,1-2H3,(H,39,45)/t22-,29+/m1/s1. The maximum Gasteiger partial charge on any atom is 0.247 e. The molecule has 2 amide bonds. The summed E-state index contributed by atoms with van der Waals surface area (Å²) in [6.07, 6.45) is 1.65. The number of Topliss-reactive ketones (excluding diaryl/α,β-unsaturated/α-hetero) is 1. The van der Waals surface area contributed by atoms with Gasteiger partial charge in [0.15, 0.2) is 11.6 Å². The molecule has 3 aromatic carbocycles. The zero-order valence-electron chi connectivity index (χ0n) is 24.3. The topological polar surface area (TPSA) is 110 Å². The molecule has 0 spiro atoms. The van der Waals surface area contributed by atoms with Gasteiger partial charge in [0, 0.05) is 52.8 Å². The van der Waals surface area contributed by atoms with Crippen LogP contribution >= 0.6 is 11.6 Å². The smallest absolute Gasteiger partial charge is 0.247 e. The van der Waals surface area contributed by atoms with Gasteiger partial charge in [-0.2, -0.15) is 5.10 Å². The molecule has 2 aromatic heterocycles. The van der Waals surface area contributed by atoms with Gasteiger partial charge in [-0.1, -0.05) is 48.0 Å². The zero-order valence-corrected chi connectivity index (χ0v) is 25.1. The number of benzene rings is 3. The Hall–Kier alpha value is -5.03. The number of hydrogen-bond acceptors (Lipinski definition) is 6. The Labute approximate surface area is 261 Å². The second-order valence-electron chi connectivity index (χ2n) is 10.8. The Bertz CT molecular complexity index is 1960. The van der Waals surface area contributed by atoms with Crippen LogP contribution in [0.4, 0.5) is 14.5 Å². The van der Waals surface area contributed by atoms with Crippen LogP contribution in [0.15, 0.2) is 73.1 Å². The molecule has 2 atom stereocenters. The maximum atomic E-state index is 15.5. The molecule has 5 aromatic rings. The molecule has 12 heteroatoms. The van der Waals surface area contributed by atoms with Crippen LogP contribution in [-0.4, -0.2) is 61.0 Å². The number of ketones is 1. The number of rotatable bonds is 7. The molecule has 1 N–H and O–H groups in total. The van der Waals surface area contributed by atoms with Crippen LogP contribution in [0.25, 0.3) is 33.2 Å². The lowest BCUT2D eigenvalue weighted by molar-refractivity contribution is -0.137. The molecule has 0 saturated carbocycles. The van der Waals surface area contributed by atoms with Crippen molar-refractivity contribution in [3.05, 3.63) is 95.4 Å². The fourth-order valence-electron chi connectivity index (χ4n) is 5.54. The first-order chi connectivity index (χ1) is 21.6. The molecule has 1 aliphatic rings. The predicted molar refractivity (Wildman–Crippen MR) is 166 cm³/mol. The number of aromatic nitrogens is 4. The molecule has 1 fully saturated rings. The van der Waals surface area contributed by atoms with Gasteiger partial charge < -0.3 is 10.2 Å². The molecular formula is C33H27ClF2N6O3. The van der Waals surface area contributed by atoms with E-state index in [1.807, 2.05) is 0 Å². The van der Waals surface area contributed by atoms with E-state index in [0.717, 1.165) is 16.0 Å². The minimum Gasteiger partial charge on any atom is -0.326 e. The molecule has 0 radical (unpaired) electrons. The number of likely N-dealkylation sites (tertiary alicyclic amines) is 1. The first-order valence-corrected chi connectivity index (χ1v) is 14.6. The number of fused-ring (bicyclic) bond motifs is 1. The third kappa shape index (κ3) is 5.91. The average molecular weight is 629 g/mol. The average Bonchev–Trinajstić information content (AvgIpc) is 3.59. The summed E-state index contributed by atoms with van der Waals surface area (Å²) in [5.74, 6) is -1.68. The monoisotopic (exact) mass is 628 g/mol. The Morgan fingerprint density at radius 3 is 2.47 bits per heavy atom. The van der Waals surface area contributed by atoms with Crippen molar-refractivity contribution in [1.29, 1.82) is 0 Å². The highest BCUT2D eigenvalue weighted by Gasteiger charge is 2.40. The van der Waals surface area contributed by atoms with E-state index in [1.54, 1.807) is 67.8 Å². The summed E-state index contributed by atoms with van der Waals surface area (Å²) in [6.45, 7) is 2.50. The Morgan fingerprint density at radius 2 is 1.73 bits per heavy atom. The van der Waals surface area contributed by atoms with E-state index in [0.29, 0.717) is 27.3 Å². The van der Waals surface area contributed by atoms with E-state index in [9.17, 15) is 18.8 Å². The number of alkyl halides is 1. The maximum absolute atomic E-state index is 15.5. The quantitative estimate of drug-likeness (QED) is 0.220. The molecule has 0 unspecified atom stereocenters. The molecule has 0 aliphatic carbocycles. The van der Waals surface area contributed by atoms with Gasteiger partial charge in [-0.15, -0.1) is 0 Å². The number of aryl methyl sites for hydroxylation is 1. The number of nitrogens with one attached hydrogen (secondary N) is 1.